The van der Waals surface area contributed by atoms with Crippen LogP contribution >= 0.6 is 0 Å². The van der Waals surface area contributed by atoms with E-state index in [0.29, 0.717) is 30.8 Å². The first-order chi connectivity index (χ1) is 16.0. The Kier molecular flexibility index (Phi) is 6.54. The van der Waals surface area contributed by atoms with E-state index in [1.165, 1.54) is 6.92 Å². The molecule has 0 radical (unpaired) electrons. The fourth-order valence-corrected chi connectivity index (χ4v) is 4.37. The summed E-state index contributed by atoms with van der Waals surface area (Å²) in [4.78, 5) is 41.7. The summed E-state index contributed by atoms with van der Waals surface area (Å²) in [5.74, 6) is -0.306. The molecular formula is C27H27N3O3. The van der Waals surface area contributed by atoms with Crippen molar-refractivity contribution < 1.29 is 14.4 Å². The highest BCUT2D eigenvalue weighted by Crippen LogP contribution is 2.30. The van der Waals surface area contributed by atoms with Gasteiger partial charge in [-0.25, -0.2) is 0 Å². The van der Waals surface area contributed by atoms with E-state index in [2.05, 4.69) is 5.32 Å². The predicted octanol–water partition coefficient (Wildman–Crippen LogP) is 3.76. The Morgan fingerprint density at radius 1 is 0.879 bits per heavy atom. The van der Waals surface area contributed by atoms with E-state index in [9.17, 15) is 14.4 Å². The number of benzene rings is 3. The van der Waals surface area contributed by atoms with Crippen molar-refractivity contribution >= 4 is 17.7 Å². The van der Waals surface area contributed by atoms with Crippen LogP contribution in [0, 0.1) is 0 Å². The zero-order valence-electron chi connectivity index (χ0n) is 18.8. The molecule has 1 aliphatic rings. The molecule has 0 bridgehead atoms. The molecule has 6 heteroatoms. The van der Waals surface area contributed by atoms with Gasteiger partial charge in [0, 0.05) is 44.7 Å². The molecule has 168 valence electrons. The number of piperazine rings is 1. The number of hydrogen-bond acceptors (Lipinski definition) is 3. The van der Waals surface area contributed by atoms with Gasteiger partial charge < -0.3 is 15.1 Å². The summed E-state index contributed by atoms with van der Waals surface area (Å²) in [7, 11) is 1.59. The van der Waals surface area contributed by atoms with Gasteiger partial charge >= 0.3 is 0 Å². The molecule has 1 heterocycles. The van der Waals surface area contributed by atoms with Crippen molar-refractivity contribution in [2.75, 3.05) is 26.7 Å². The number of rotatable bonds is 4. The Bertz CT molecular complexity index is 1180. The van der Waals surface area contributed by atoms with Crippen molar-refractivity contribution in [3.63, 3.8) is 0 Å². The fraction of sp³-hybridized carbons (Fsp3) is 0.222. The maximum atomic E-state index is 13.6. The van der Waals surface area contributed by atoms with Gasteiger partial charge in [0.05, 0.1) is 6.04 Å². The van der Waals surface area contributed by atoms with E-state index in [1.807, 2.05) is 66.7 Å². The van der Waals surface area contributed by atoms with Crippen molar-refractivity contribution in [2.24, 2.45) is 0 Å². The summed E-state index contributed by atoms with van der Waals surface area (Å²) in [6.45, 7) is 2.78. The monoisotopic (exact) mass is 441 g/mol. The van der Waals surface area contributed by atoms with Crippen LogP contribution in [0.25, 0.3) is 11.1 Å². The molecule has 0 aromatic heterocycles. The van der Waals surface area contributed by atoms with Crippen LogP contribution in [0.2, 0.25) is 0 Å². The molecule has 1 saturated heterocycles. The lowest BCUT2D eigenvalue weighted by Crippen LogP contribution is -2.52. The molecule has 1 fully saturated rings. The summed E-state index contributed by atoms with van der Waals surface area (Å²) in [6.07, 6.45) is 0. The normalized spacial score (nSPS) is 15.8. The summed E-state index contributed by atoms with van der Waals surface area (Å²) >= 11 is 0. The van der Waals surface area contributed by atoms with Crippen LogP contribution in [0.15, 0.2) is 78.9 Å². The van der Waals surface area contributed by atoms with Crippen LogP contribution in [0.4, 0.5) is 0 Å². The van der Waals surface area contributed by atoms with Gasteiger partial charge in [0.15, 0.2) is 0 Å². The molecule has 0 spiro atoms. The number of carbonyl (C=O) groups excluding carboxylic acids is 3. The van der Waals surface area contributed by atoms with Gasteiger partial charge in [-0.3, -0.25) is 14.4 Å². The zero-order chi connectivity index (χ0) is 23.4. The van der Waals surface area contributed by atoms with Gasteiger partial charge in [0.1, 0.15) is 0 Å². The Morgan fingerprint density at radius 3 is 2.33 bits per heavy atom. The van der Waals surface area contributed by atoms with Crippen molar-refractivity contribution in [1.29, 1.82) is 0 Å². The Labute approximate surface area is 193 Å². The van der Waals surface area contributed by atoms with Crippen LogP contribution in [0.5, 0.6) is 0 Å². The molecule has 1 unspecified atom stereocenters. The van der Waals surface area contributed by atoms with Gasteiger partial charge in [0.25, 0.3) is 11.8 Å². The van der Waals surface area contributed by atoms with Gasteiger partial charge in [-0.15, -0.1) is 0 Å². The van der Waals surface area contributed by atoms with E-state index < -0.39 is 0 Å². The smallest absolute Gasteiger partial charge is 0.254 e. The molecule has 3 aromatic carbocycles. The molecule has 1 N–H and O–H groups in total. The van der Waals surface area contributed by atoms with Gasteiger partial charge in [-0.1, -0.05) is 60.7 Å². The van der Waals surface area contributed by atoms with Gasteiger partial charge in [0.2, 0.25) is 5.91 Å². The second-order valence-electron chi connectivity index (χ2n) is 8.10. The van der Waals surface area contributed by atoms with Gasteiger partial charge in [-0.05, 0) is 34.9 Å². The average molecular weight is 442 g/mol. The summed E-state index contributed by atoms with van der Waals surface area (Å²) in [5, 5.41) is 2.63. The second-order valence-corrected chi connectivity index (χ2v) is 8.10. The lowest BCUT2D eigenvalue weighted by atomic mass is 9.96. The topological polar surface area (TPSA) is 69.7 Å². The maximum Gasteiger partial charge on any atom is 0.254 e. The molecule has 4 rings (SSSR count). The standard InChI is InChI=1S/C27H27N3O3/c1-19(31)30-16-15-29(18-25(30)21-11-8-12-22(17-21)26(32)28-2)27(33)24-14-7-6-13-23(24)20-9-4-3-5-10-20/h3-14,17,25H,15-16,18H2,1-2H3,(H,28,32). The van der Waals surface area contributed by atoms with Crippen molar-refractivity contribution in [1.82, 2.24) is 15.1 Å². The number of amides is 3. The summed E-state index contributed by atoms with van der Waals surface area (Å²) in [5.41, 5.74) is 3.86. The molecule has 3 aromatic rings. The first-order valence-electron chi connectivity index (χ1n) is 11.0. The molecule has 1 aliphatic heterocycles. The van der Waals surface area contributed by atoms with Crippen molar-refractivity contribution in [3.8, 4) is 11.1 Å². The Morgan fingerprint density at radius 2 is 1.61 bits per heavy atom. The molecule has 0 aliphatic carbocycles. The number of nitrogens with one attached hydrogen (secondary N) is 1. The average Bonchev–Trinajstić information content (AvgIpc) is 2.88. The Hall–Kier alpha value is -3.93. The molecule has 0 saturated carbocycles. The third kappa shape index (κ3) is 4.65. The van der Waals surface area contributed by atoms with E-state index in [-0.39, 0.29) is 23.8 Å². The van der Waals surface area contributed by atoms with Crippen LogP contribution in [-0.4, -0.2) is 54.2 Å². The lowest BCUT2D eigenvalue weighted by molar-refractivity contribution is -0.133. The summed E-state index contributed by atoms with van der Waals surface area (Å²) in [6, 6.07) is 24.4. The van der Waals surface area contributed by atoms with Crippen molar-refractivity contribution in [2.45, 2.75) is 13.0 Å². The number of carbonyl (C=O) groups is 3. The quantitative estimate of drug-likeness (QED) is 0.670. The van der Waals surface area contributed by atoms with E-state index in [4.69, 9.17) is 0 Å². The van der Waals surface area contributed by atoms with Crippen molar-refractivity contribution in [3.05, 3.63) is 95.6 Å². The highest BCUT2D eigenvalue weighted by molar-refractivity contribution is 6.01. The fourth-order valence-electron chi connectivity index (χ4n) is 4.37. The highest BCUT2D eigenvalue weighted by atomic mass is 16.2. The SMILES string of the molecule is CNC(=O)c1cccc(C2CN(C(=O)c3ccccc3-c3ccccc3)CCN2C(C)=O)c1. The molecule has 1 atom stereocenters. The lowest BCUT2D eigenvalue weighted by Gasteiger charge is -2.41. The minimum atomic E-state index is -0.325. The van der Waals surface area contributed by atoms with E-state index >= 15 is 0 Å². The molecule has 33 heavy (non-hydrogen) atoms. The van der Waals surface area contributed by atoms with Crippen LogP contribution in [-0.2, 0) is 4.79 Å². The predicted molar refractivity (Wildman–Crippen MR) is 128 cm³/mol. The first kappa shape index (κ1) is 22.3. The van der Waals surface area contributed by atoms with E-state index in [1.54, 1.807) is 29.0 Å². The minimum absolute atomic E-state index is 0.0536. The zero-order valence-corrected chi connectivity index (χ0v) is 18.8. The third-order valence-corrected chi connectivity index (χ3v) is 6.07. The first-order valence-corrected chi connectivity index (χ1v) is 11.0. The summed E-state index contributed by atoms with van der Waals surface area (Å²) < 4.78 is 0. The van der Waals surface area contributed by atoms with Crippen LogP contribution in [0.1, 0.15) is 39.2 Å². The minimum Gasteiger partial charge on any atom is -0.355 e. The largest absolute Gasteiger partial charge is 0.355 e. The molecule has 6 nitrogen and oxygen atoms in total. The van der Waals surface area contributed by atoms with Crippen LogP contribution < -0.4 is 5.32 Å². The third-order valence-electron chi connectivity index (χ3n) is 6.07. The number of hydrogen-bond donors (Lipinski definition) is 1. The second kappa shape index (κ2) is 9.69. The van der Waals surface area contributed by atoms with Crippen LogP contribution in [0.3, 0.4) is 0 Å². The van der Waals surface area contributed by atoms with Gasteiger partial charge in [-0.2, -0.15) is 0 Å². The number of nitrogens with zero attached hydrogens (tertiary/aromatic N) is 2. The Balaban J connectivity index is 1.66. The molecule has 3 amide bonds. The highest BCUT2D eigenvalue weighted by Gasteiger charge is 2.33. The van der Waals surface area contributed by atoms with E-state index in [0.717, 1.165) is 16.7 Å². The maximum absolute atomic E-state index is 13.6. The molecular weight excluding hydrogens is 414 g/mol.